The minimum Gasteiger partial charge on any atom is -0.463 e. The average molecular weight is 617 g/mol. The van der Waals surface area contributed by atoms with Gasteiger partial charge in [-0.3, -0.25) is 9.59 Å². The first-order valence-corrected chi connectivity index (χ1v) is 15.2. The lowest BCUT2D eigenvalue weighted by molar-refractivity contribution is -0.371. The highest BCUT2D eigenvalue weighted by Crippen LogP contribution is 2.31. The molecule has 4 aliphatic heterocycles. The van der Waals surface area contributed by atoms with Crippen LogP contribution in [0.4, 0.5) is 0 Å². The van der Waals surface area contributed by atoms with Crippen molar-refractivity contribution < 1.29 is 63.5 Å². The average Bonchev–Trinajstić information content (AvgIpc) is 2.97. The summed E-state index contributed by atoms with van der Waals surface area (Å²) in [5.41, 5.74) is 0. The molecule has 0 aromatic heterocycles. The van der Waals surface area contributed by atoms with Gasteiger partial charge in [0.25, 0.3) is 0 Å². The summed E-state index contributed by atoms with van der Waals surface area (Å²) < 4.78 is 34.0. The first kappa shape index (κ1) is 35.5. The van der Waals surface area contributed by atoms with E-state index in [9.17, 15) is 35.1 Å². The maximum atomic E-state index is 12.6. The summed E-state index contributed by atoms with van der Waals surface area (Å²) in [6, 6.07) is 0. The number of hydrogen-bond donors (Lipinski definition) is 5. The second-order valence-electron chi connectivity index (χ2n) is 11.3. The number of aliphatic hydroxyl groups is 5. The molecule has 11 unspecified atom stereocenters. The lowest BCUT2D eigenvalue weighted by Gasteiger charge is -2.46. The van der Waals surface area contributed by atoms with Gasteiger partial charge in [-0.2, -0.15) is 0 Å². The summed E-state index contributed by atoms with van der Waals surface area (Å²) in [5.74, 6) is -1.25. The van der Waals surface area contributed by atoms with Crippen molar-refractivity contribution in [3.05, 3.63) is 24.3 Å². The van der Waals surface area contributed by atoms with Crippen LogP contribution >= 0.6 is 0 Å². The van der Waals surface area contributed by atoms with Crippen molar-refractivity contribution >= 4 is 11.9 Å². The maximum Gasteiger partial charge on any atom is 0.306 e. The molecule has 2 fully saturated rings. The maximum absolute atomic E-state index is 12.6. The van der Waals surface area contributed by atoms with Gasteiger partial charge in [0.05, 0.1) is 12.7 Å². The number of rotatable bonds is 3. The number of hydrogen-bond acceptors (Lipinski definition) is 13. The standard InChI is InChI=1S/C30H48O13/c1-18-14-12-10-8-6-4-3-5-7-9-11-13-15-22(33)42-27-21(17-38-19(2)32)41-29(26(37)25(27)36)43-28-24(35)23(34)20(16-31)40-30(28)39-18/h4,6,10,12,18,20-21,23-31,34-37H,3,5,7-9,11,13-17H2,1-2H3. The quantitative estimate of drug-likeness (QED) is 0.221. The Bertz CT molecular complexity index is 910. The van der Waals surface area contributed by atoms with Gasteiger partial charge in [-0.1, -0.05) is 43.6 Å². The van der Waals surface area contributed by atoms with Gasteiger partial charge in [-0.25, -0.2) is 0 Å². The smallest absolute Gasteiger partial charge is 0.306 e. The number of allylic oxidation sites excluding steroid dienone is 3. The molecule has 2 bridgehead atoms. The third kappa shape index (κ3) is 10.9. The second-order valence-corrected chi connectivity index (χ2v) is 11.3. The molecule has 0 amide bonds. The molecule has 43 heavy (non-hydrogen) atoms. The Labute approximate surface area is 252 Å². The van der Waals surface area contributed by atoms with Gasteiger partial charge in [-0.15, -0.1) is 0 Å². The zero-order valence-corrected chi connectivity index (χ0v) is 24.9. The molecule has 2 saturated heterocycles. The van der Waals surface area contributed by atoms with E-state index in [4.69, 9.17) is 28.4 Å². The highest BCUT2D eigenvalue weighted by atomic mass is 16.8. The van der Waals surface area contributed by atoms with E-state index in [1.54, 1.807) is 6.92 Å². The van der Waals surface area contributed by atoms with E-state index in [0.717, 1.165) is 38.5 Å². The first-order chi connectivity index (χ1) is 20.6. The predicted octanol–water partition coefficient (Wildman–Crippen LogP) is 0.774. The van der Waals surface area contributed by atoms with Gasteiger partial charge in [0.2, 0.25) is 0 Å². The van der Waals surface area contributed by atoms with E-state index in [0.29, 0.717) is 12.8 Å². The number of esters is 2. The molecular formula is C30H48O13. The second kappa shape index (κ2) is 18.1. The third-order valence-corrected chi connectivity index (χ3v) is 7.67. The Morgan fingerprint density at radius 2 is 1.49 bits per heavy atom. The van der Waals surface area contributed by atoms with Crippen LogP contribution in [0.1, 0.15) is 71.6 Å². The first-order valence-electron chi connectivity index (χ1n) is 15.2. The molecule has 0 radical (unpaired) electrons. The number of fused-ring (bicyclic) bond motifs is 16. The zero-order chi connectivity index (χ0) is 31.4. The van der Waals surface area contributed by atoms with Crippen molar-refractivity contribution in [3.63, 3.8) is 0 Å². The van der Waals surface area contributed by atoms with Gasteiger partial charge in [0.15, 0.2) is 18.7 Å². The van der Waals surface area contributed by atoms with Crippen molar-refractivity contribution in [2.75, 3.05) is 13.2 Å². The Morgan fingerprint density at radius 1 is 0.814 bits per heavy atom. The Kier molecular flexibility index (Phi) is 15.0. The SMILES string of the molecule is CC(=O)OCC1OC2OC3C(OC(C)CC=CCC=CCCCCCCCC(=O)OC1C(O)C2O)OC(CO)C(O)C3O. The van der Waals surface area contributed by atoms with Crippen molar-refractivity contribution in [3.8, 4) is 0 Å². The summed E-state index contributed by atoms with van der Waals surface area (Å²) in [6.45, 7) is 1.92. The van der Waals surface area contributed by atoms with E-state index < -0.39 is 92.7 Å². The summed E-state index contributed by atoms with van der Waals surface area (Å²) in [4.78, 5) is 24.2. The van der Waals surface area contributed by atoms with Gasteiger partial charge < -0.3 is 54.0 Å². The fraction of sp³-hybridized carbons (Fsp3) is 0.800. The van der Waals surface area contributed by atoms with Gasteiger partial charge in [0.1, 0.15) is 49.3 Å². The van der Waals surface area contributed by atoms with Gasteiger partial charge in [0, 0.05) is 13.3 Å². The molecule has 4 aliphatic rings. The van der Waals surface area contributed by atoms with Crippen LogP contribution in [-0.4, -0.2) is 118 Å². The van der Waals surface area contributed by atoms with Crippen LogP contribution in [0.2, 0.25) is 0 Å². The van der Waals surface area contributed by atoms with Gasteiger partial charge in [-0.05, 0) is 39.0 Å². The fourth-order valence-electron chi connectivity index (χ4n) is 5.20. The van der Waals surface area contributed by atoms with Crippen LogP contribution in [0, 0.1) is 0 Å². The normalized spacial score (nSPS) is 39.3. The molecule has 13 nitrogen and oxygen atoms in total. The van der Waals surface area contributed by atoms with Crippen molar-refractivity contribution in [1.82, 2.24) is 0 Å². The molecule has 4 rings (SSSR count). The number of aliphatic hydroxyl groups excluding tert-OH is 5. The number of ether oxygens (including phenoxy) is 6. The Morgan fingerprint density at radius 3 is 2.23 bits per heavy atom. The topological polar surface area (TPSA) is 191 Å². The van der Waals surface area contributed by atoms with E-state index in [2.05, 4.69) is 12.2 Å². The molecule has 0 saturated carbocycles. The lowest BCUT2D eigenvalue weighted by atomic mass is 9.97. The van der Waals surface area contributed by atoms with Crippen molar-refractivity contribution in [1.29, 1.82) is 0 Å². The minimum absolute atomic E-state index is 0.0957. The molecule has 11 atom stereocenters. The molecule has 246 valence electrons. The molecule has 0 aromatic rings. The molecular weight excluding hydrogens is 568 g/mol. The largest absolute Gasteiger partial charge is 0.463 e. The summed E-state index contributed by atoms with van der Waals surface area (Å²) in [6.07, 6.45) is -0.337. The van der Waals surface area contributed by atoms with Crippen LogP contribution in [0.25, 0.3) is 0 Å². The van der Waals surface area contributed by atoms with Crippen molar-refractivity contribution in [2.24, 2.45) is 0 Å². The van der Waals surface area contributed by atoms with Crippen LogP contribution in [0.3, 0.4) is 0 Å². The van der Waals surface area contributed by atoms with E-state index >= 15 is 0 Å². The molecule has 13 heteroatoms. The molecule has 0 spiro atoms. The molecule has 4 heterocycles. The van der Waals surface area contributed by atoms with Crippen LogP contribution < -0.4 is 0 Å². The minimum atomic E-state index is -1.77. The molecule has 0 aromatic carbocycles. The Balaban J connectivity index is 1.83. The predicted molar refractivity (Wildman–Crippen MR) is 150 cm³/mol. The number of carbonyl (C=O) groups is 2. The Hall–Kier alpha value is -1.94. The monoisotopic (exact) mass is 616 g/mol. The summed E-state index contributed by atoms with van der Waals surface area (Å²) in [7, 11) is 0. The third-order valence-electron chi connectivity index (χ3n) is 7.67. The molecule has 5 N–H and O–H groups in total. The van der Waals surface area contributed by atoms with Crippen molar-refractivity contribution in [2.45, 2.75) is 139 Å². The highest BCUT2D eigenvalue weighted by molar-refractivity contribution is 5.69. The van der Waals surface area contributed by atoms with E-state index in [-0.39, 0.29) is 6.42 Å². The number of carbonyl (C=O) groups excluding carboxylic acids is 2. The van der Waals surface area contributed by atoms with Gasteiger partial charge >= 0.3 is 11.9 Å². The lowest BCUT2D eigenvalue weighted by Crippen LogP contribution is -2.65. The fourth-order valence-corrected chi connectivity index (χ4v) is 5.20. The highest BCUT2D eigenvalue weighted by Gasteiger charge is 2.52. The molecule has 0 aliphatic carbocycles. The van der Waals surface area contributed by atoms with E-state index in [1.165, 1.54) is 6.92 Å². The van der Waals surface area contributed by atoms with Crippen LogP contribution in [0.5, 0.6) is 0 Å². The summed E-state index contributed by atoms with van der Waals surface area (Å²) in [5, 5.41) is 53.0. The van der Waals surface area contributed by atoms with Crippen LogP contribution in [0.15, 0.2) is 24.3 Å². The summed E-state index contributed by atoms with van der Waals surface area (Å²) >= 11 is 0. The van der Waals surface area contributed by atoms with Crippen LogP contribution in [-0.2, 0) is 38.0 Å². The zero-order valence-electron chi connectivity index (χ0n) is 24.9. The van der Waals surface area contributed by atoms with E-state index in [1.807, 2.05) is 12.2 Å².